The van der Waals surface area contributed by atoms with Gasteiger partial charge in [-0.2, -0.15) is 0 Å². The van der Waals surface area contributed by atoms with Crippen molar-refractivity contribution in [1.29, 1.82) is 0 Å². The molecule has 0 amide bonds. The van der Waals surface area contributed by atoms with Gasteiger partial charge in [0.25, 0.3) is 5.69 Å². The molecular formula is C14H19ClN2O2. The predicted octanol–water partition coefficient (Wildman–Crippen LogP) is 4.63. The number of nitro benzene ring substituents is 1. The first-order valence-electron chi connectivity index (χ1n) is 6.84. The molecule has 1 aliphatic carbocycles. The second-order valence-corrected chi connectivity index (χ2v) is 5.57. The van der Waals surface area contributed by atoms with Gasteiger partial charge in [0.1, 0.15) is 5.69 Å². The van der Waals surface area contributed by atoms with Crippen LogP contribution in [0, 0.1) is 16.0 Å². The van der Waals surface area contributed by atoms with Crippen LogP contribution < -0.4 is 5.32 Å². The summed E-state index contributed by atoms with van der Waals surface area (Å²) in [5.74, 6) is 0.763. The number of anilines is 1. The fourth-order valence-electron chi connectivity index (χ4n) is 2.70. The highest BCUT2D eigenvalue weighted by atomic mass is 35.5. The van der Waals surface area contributed by atoms with E-state index in [4.69, 9.17) is 11.6 Å². The quantitative estimate of drug-likeness (QED) is 0.633. The number of halogens is 1. The Labute approximate surface area is 118 Å². The molecule has 0 radical (unpaired) electrons. The van der Waals surface area contributed by atoms with E-state index in [1.54, 1.807) is 12.1 Å². The molecule has 1 aliphatic rings. The summed E-state index contributed by atoms with van der Waals surface area (Å²) >= 11 is 5.89. The zero-order chi connectivity index (χ0) is 13.7. The van der Waals surface area contributed by atoms with Gasteiger partial charge in [-0.05, 0) is 24.5 Å². The van der Waals surface area contributed by atoms with E-state index in [1.807, 2.05) is 0 Å². The average Bonchev–Trinajstić information content (AvgIpc) is 2.39. The molecule has 0 saturated heterocycles. The Bertz CT molecular complexity index is 445. The van der Waals surface area contributed by atoms with Crippen molar-refractivity contribution in [3.8, 4) is 0 Å². The number of nitrogens with one attached hydrogen (secondary N) is 1. The van der Waals surface area contributed by atoms with Crippen LogP contribution in [0.3, 0.4) is 0 Å². The van der Waals surface area contributed by atoms with Gasteiger partial charge in [-0.3, -0.25) is 10.1 Å². The Kier molecular flexibility index (Phi) is 5.02. The molecule has 1 aromatic rings. The van der Waals surface area contributed by atoms with Gasteiger partial charge in [0.05, 0.1) is 4.92 Å². The third-order valence-electron chi connectivity index (χ3n) is 3.75. The van der Waals surface area contributed by atoms with Gasteiger partial charge in [0.2, 0.25) is 0 Å². The summed E-state index contributed by atoms with van der Waals surface area (Å²) in [4.78, 5) is 10.5. The second-order valence-electron chi connectivity index (χ2n) is 5.14. The fourth-order valence-corrected chi connectivity index (χ4v) is 2.87. The minimum atomic E-state index is -0.376. The van der Waals surface area contributed by atoms with Gasteiger partial charge >= 0.3 is 0 Å². The topological polar surface area (TPSA) is 55.2 Å². The van der Waals surface area contributed by atoms with E-state index in [-0.39, 0.29) is 10.6 Å². The van der Waals surface area contributed by atoms with Crippen molar-refractivity contribution in [3.63, 3.8) is 0 Å². The van der Waals surface area contributed by atoms with Gasteiger partial charge in [-0.1, -0.05) is 43.7 Å². The monoisotopic (exact) mass is 282 g/mol. The Morgan fingerprint density at radius 2 is 2.05 bits per heavy atom. The first-order chi connectivity index (χ1) is 9.16. The Hall–Kier alpha value is -1.29. The number of nitrogens with zero attached hydrogens (tertiary/aromatic N) is 1. The molecule has 0 aromatic heterocycles. The molecule has 0 heterocycles. The van der Waals surface area contributed by atoms with Crippen LogP contribution in [0.1, 0.15) is 38.5 Å². The molecule has 0 spiro atoms. The van der Waals surface area contributed by atoms with Crippen molar-refractivity contribution in [2.75, 3.05) is 11.9 Å². The molecule has 19 heavy (non-hydrogen) atoms. The highest BCUT2D eigenvalue weighted by Crippen LogP contribution is 2.29. The Balaban J connectivity index is 1.91. The molecule has 1 saturated carbocycles. The molecule has 1 fully saturated rings. The lowest BCUT2D eigenvalue weighted by Gasteiger charge is -2.21. The highest BCUT2D eigenvalue weighted by molar-refractivity contribution is 6.31. The van der Waals surface area contributed by atoms with Gasteiger partial charge < -0.3 is 5.32 Å². The molecular weight excluding hydrogens is 264 g/mol. The molecule has 0 bridgehead atoms. The molecule has 0 unspecified atom stereocenters. The van der Waals surface area contributed by atoms with Crippen LogP contribution in [0.5, 0.6) is 0 Å². The van der Waals surface area contributed by atoms with Crippen molar-refractivity contribution < 1.29 is 4.92 Å². The molecule has 1 aromatic carbocycles. The first-order valence-corrected chi connectivity index (χ1v) is 7.22. The standard InChI is InChI=1S/C14H19ClN2O2/c15-12-6-7-14(17(18)19)13(10-12)16-9-8-11-4-2-1-3-5-11/h6-7,10-11,16H,1-5,8-9H2. The summed E-state index contributed by atoms with van der Waals surface area (Å²) in [5.41, 5.74) is 0.612. The minimum absolute atomic E-state index is 0.0908. The van der Waals surface area contributed by atoms with Crippen LogP contribution >= 0.6 is 11.6 Å². The van der Waals surface area contributed by atoms with Gasteiger partial charge in [-0.15, -0.1) is 0 Å². The third kappa shape index (κ3) is 4.10. The van der Waals surface area contributed by atoms with E-state index in [9.17, 15) is 10.1 Å². The largest absolute Gasteiger partial charge is 0.379 e. The van der Waals surface area contributed by atoms with Crippen LogP contribution in [0.2, 0.25) is 5.02 Å². The zero-order valence-electron chi connectivity index (χ0n) is 10.9. The van der Waals surface area contributed by atoms with Crippen LogP contribution in [0.4, 0.5) is 11.4 Å². The van der Waals surface area contributed by atoms with Crippen molar-refractivity contribution in [1.82, 2.24) is 0 Å². The van der Waals surface area contributed by atoms with Crippen molar-refractivity contribution in [2.24, 2.45) is 5.92 Å². The van der Waals surface area contributed by atoms with Crippen LogP contribution in [0.15, 0.2) is 18.2 Å². The number of hydrogen-bond donors (Lipinski definition) is 1. The third-order valence-corrected chi connectivity index (χ3v) is 3.98. The first kappa shape index (κ1) is 14.1. The predicted molar refractivity (Wildman–Crippen MR) is 77.8 cm³/mol. The lowest BCUT2D eigenvalue weighted by atomic mass is 9.87. The molecule has 4 nitrogen and oxygen atoms in total. The van der Waals surface area contributed by atoms with E-state index in [2.05, 4.69) is 5.32 Å². The number of rotatable bonds is 5. The minimum Gasteiger partial charge on any atom is -0.379 e. The number of nitro groups is 1. The van der Waals surface area contributed by atoms with E-state index in [0.29, 0.717) is 10.7 Å². The average molecular weight is 283 g/mol. The Morgan fingerprint density at radius 1 is 1.32 bits per heavy atom. The van der Waals surface area contributed by atoms with E-state index >= 15 is 0 Å². The van der Waals surface area contributed by atoms with Crippen LogP contribution in [-0.2, 0) is 0 Å². The van der Waals surface area contributed by atoms with Crippen molar-refractivity contribution >= 4 is 23.0 Å². The maximum Gasteiger partial charge on any atom is 0.292 e. The molecule has 0 atom stereocenters. The highest BCUT2D eigenvalue weighted by Gasteiger charge is 2.16. The van der Waals surface area contributed by atoms with Crippen molar-refractivity contribution in [2.45, 2.75) is 38.5 Å². The maximum atomic E-state index is 10.9. The van der Waals surface area contributed by atoms with E-state index < -0.39 is 0 Å². The summed E-state index contributed by atoms with van der Waals surface area (Å²) in [6.07, 6.45) is 7.65. The SMILES string of the molecule is O=[N+]([O-])c1ccc(Cl)cc1NCCC1CCCCC1. The van der Waals surface area contributed by atoms with Crippen LogP contribution in [0.25, 0.3) is 0 Å². The van der Waals surface area contributed by atoms with Crippen LogP contribution in [-0.4, -0.2) is 11.5 Å². The van der Waals surface area contributed by atoms with Gasteiger partial charge in [-0.25, -0.2) is 0 Å². The molecule has 1 N–H and O–H groups in total. The number of hydrogen-bond acceptors (Lipinski definition) is 3. The smallest absolute Gasteiger partial charge is 0.292 e. The van der Waals surface area contributed by atoms with Gasteiger partial charge in [0.15, 0.2) is 0 Å². The van der Waals surface area contributed by atoms with E-state index in [0.717, 1.165) is 18.9 Å². The summed E-state index contributed by atoms with van der Waals surface area (Å²) in [7, 11) is 0. The number of benzene rings is 1. The maximum absolute atomic E-state index is 10.9. The second kappa shape index (κ2) is 6.75. The Morgan fingerprint density at radius 3 is 2.74 bits per heavy atom. The fraction of sp³-hybridized carbons (Fsp3) is 0.571. The molecule has 0 aliphatic heterocycles. The lowest BCUT2D eigenvalue weighted by molar-refractivity contribution is -0.384. The summed E-state index contributed by atoms with van der Waals surface area (Å²) < 4.78 is 0. The van der Waals surface area contributed by atoms with Crippen molar-refractivity contribution in [3.05, 3.63) is 33.3 Å². The van der Waals surface area contributed by atoms with Gasteiger partial charge in [0, 0.05) is 17.6 Å². The van der Waals surface area contributed by atoms with E-state index in [1.165, 1.54) is 38.2 Å². The molecule has 104 valence electrons. The summed E-state index contributed by atoms with van der Waals surface area (Å²) in [6.45, 7) is 0.770. The normalized spacial score (nSPS) is 16.3. The summed E-state index contributed by atoms with van der Waals surface area (Å²) in [6, 6.07) is 4.62. The molecule has 5 heteroatoms. The summed E-state index contributed by atoms with van der Waals surface area (Å²) in [5, 5.41) is 14.6. The lowest BCUT2D eigenvalue weighted by Crippen LogP contribution is -2.12. The molecule has 2 rings (SSSR count). The zero-order valence-corrected chi connectivity index (χ0v) is 11.7.